The molecule has 1 aromatic heterocycles. The normalized spacial score (nSPS) is 18.1. The molecule has 1 saturated heterocycles. The topological polar surface area (TPSA) is 80.0 Å². The second kappa shape index (κ2) is 5.68. The largest absolute Gasteiger partial charge is 0.348 e. The number of hydrogen-bond acceptors (Lipinski definition) is 5. The molecule has 1 fully saturated rings. The van der Waals surface area contributed by atoms with Crippen molar-refractivity contribution in [2.75, 3.05) is 16.9 Å². The molecule has 3 rings (SSSR count). The number of hydrazine groups is 1. The molecular weight excluding hydrogens is 272 g/mol. The number of benzene rings is 1. The monoisotopic (exact) mass is 288 g/mol. The average molecular weight is 288 g/mol. The third kappa shape index (κ3) is 2.57. The van der Waals surface area contributed by atoms with Crippen molar-refractivity contribution >= 4 is 34.4 Å². The Morgan fingerprint density at radius 2 is 2.25 bits per heavy atom. The smallest absolute Gasteiger partial charge is 0.252 e. The van der Waals surface area contributed by atoms with Crippen molar-refractivity contribution in [3.05, 3.63) is 35.9 Å². The van der Waals surface area contributed by atoms with Gasteiger partial charge >= 0.3 is 0 Å². The lowest BCUT2D eigenvalue weighted by atomic mass is 10.1. The van der Waals surface area contributed by atoms with Crippen LogP contribution in [0.1, 0.15) is 16.8 Å². The third-order valence-corrected chi connectivity index (χ3v) is 4.54. The van der Waals surface area contributed by atoms with Gasteiger partial charge in [0, 0.05) is 17.2 Å². The van der Waals surface area contributed by atoms with E-state index < -0.39 is 0 Å². The maximum atomic E-state index is 12.5. The summed E-state index contributed by atoms with van der Waals surface area (Å²) in [6.07, 6.45) is 1.03. The molecule has 1 aliphatic heterocycles. The minimum absolute atomic E-state index is 0.0624. The van der Waals surface area contributed by atoms with Crippen LogP contribution in [-0.4, -0.2) is 28.4 Å². The molecule has 0 saturated carbocycles. The van der Waals surface area contributed by atoms with Gasteiger partial charge in [0.05, 0.1) is 11.1 Å². The maximum Gasteiger partial charge on any atom is 0.252 e. The molecule has 4 N–H and O–H groups in total. The number of nitrogens with two attached hydrogens (primary N) is 1. The summed E-state index contributed by atoms with van der Waals surface area (Å²) in [5.74, 6) is 7.95. The summed E-state index contributed by atoms with van der Waals surface area (Å²) in [6, 6.07) is 9.53. The van der Waals surface area contributed by atoms with Crippen molar-refractivity contribution in [1.29, 1.82) is 0 Å². The number of anilines is 1. The number of nitrogens with zero attached hydrogens (tertiary/aromatic N) is 1. The molecule has 1 amide bonds. The molecule has 6 heteroatoms. The van der Waals surface area contributed by atoms with Crippen molar-refractivity contribution in [1.82, 2.24) is 10.3 Å². The number of nitrogens with one attached hydrogen (secondary N) is 2. The van der Waals surface area contributed by atoms with Crippen LogP contribution >= 0.6 is 11.8 Å². The summed E-state index contributed by atoms with van der Waals surface area (Å²) in [5.41, 5.74) is 3.88. The number of thioether (sulfide) groups is 1. The van der Waals surface area contributed by atoms with Crippen molar-refractivity contribution in [3.63, 3.8) is 0 Å². The van der Waals surface area contributed by atoms with Crippen molar-refractivity contribution < 1.29 is 4.79 Å². The maximum absolute atomic E-state index is 12.5. The van der Waals surface area contributed by atoms with Gasteiger partial charge in [0.25, 0.3) is 5.91 Å². The minimum Gasteiger partial charge on any atom is -0.348 e. The van der Waals surface area contributed by atoms with E-state index in [2.05, 4.69) is 15.7 Å². The van der Waals surface area contributed by atoms with Crippen LogP contribution in [0.2, 0.25) is 0 Å². The van der Waals surface area contributed by atoms with Crippen LogP contribution in [0.5, 0.6) is 0 Å². The predicted octanol–water partition coefficient (Wildman–Crippen LogP) is 1.76. The Hall–Kier alpha value is -1.79. The molecule has 0 bridgehead atoms. The fourth-order valence-electron chi connectivity index (χ4n) is 2.35. The molecule has 0 radical (unpaired) electrons. The van der Waals surface area contributed by atoms with E-state index in [1.807, 2.05) is 36.0 Å². The number of para-hydroxylation sites is 1. The van der Waals surface area contributed by atoms with Gasteiger partial charge in [0.1, 0.15) is 5.82 Å². The van der Waals surface area contributed by atoms with Crippen LogP contribution in [-0.2, 0) is 0 Å². The van der Waals surface area contributed by atoms with Crippen molar-refractivity contribution in [2.24, 2.45) is 5.84 Å². The van der Waals surface area contributed by atoms with E-state index >= 15 is 0 Å². The van der Waals surface area contributed by atoms with Gasteiger partial charge in [0.2, 0.25) is 0 Å². The molecule has 2 heterocycles. The fraction of sp³-hybridized carbons (Fsp3) is 0.286. The number of hydrogen-bond donors (Lipinski definition) is 3. The number of pyridine rings is 1. The van der Waals surface area contributed by atoms with E-state index in [0.717, 1.165) is 28.8 Å². The average Bonchev–Trinajstić information content (AvgIpc) is 2.98. The van der Waals surface area contributed by atoms with Gasteiger partial charge in [-0.1, -0.05) is 18.2 Å². The van der Waals surface area contributed by atoms with Gasteiger partial charge in [-0.3, -0.25) is 4.79 Å². The molecule has 1 unspecified atom stereocenters. The van der Waals surface area contributed by atoms with Crippen LogP contribution in [0.25, 0.3) is 10.9 Å². The zero-order valence-corrected chi connectivity index (χ0v) is 11.7. The number of carbonyl (C=O) groups is 1. The first-order chi connectivity index (χ1) is 9.78. The zero-order valence-electron chi connectivity index (χ0n) is 10.9. The quantitative estimate of drug-likeness (QED) is 0.592. The van der Waals surface area contributed by atoms with Crippen molar-refractivity contribution in [2.45, 2.75) is 12.5 Å². The SMILES string of the molecule is NNc1cc(C(=O)NC2CCSC2)c2ccccc2n1. The Morgan fingerprint density at radius 1 is 1.40 bits per heavy atom. The van der Waals surface area contributed by atoms with Crippen LogP contribution in [0.3, 0.4) is 0 Å². The minimum atomic E-state index is -0.0624. The molecule has 1 aliphatic rings. The third-order valence-electron chi connectivity index (χ3n) is 3.37. The van der Waals surface area contributed by atoms with Gasteiger partial charge in [-0.25, -0.2) is 10.8 Å². The first kappa shape index (κ1) is 13.2. The first-order valence-electron chi connectivity index (χ1n) is 6.53. The Bertz CT molecular complexity index is 640. The van der Waals surface area contributed by atoms with Gasteiger partial charge in [0.15, 0.2) is 0 Å². The summed E-state index contributed by atoms with van der Waals surface area (Å²) in [7, 11) is 0. The number of rotatable bonds is 3. The molecule has 1 aromatic carbocycles. The molecule has 0 spiro atoms. The Morgan fingerprint density at radius 3 is 3.00 bits per heavy atom. The highest BCUT2D eigenvalue weighted by Gasteiger charge is 2.20. The highest BCUT2D eigenvalue weighted by molar-refractivity contribution is 7.99. The lowest BCUT2D eigenvalue weighted by Crippen LogP contribution is -2.34. The standard InChI is InChI=1S/C14H16N4OS/c15-18-13-7-11(10-3-1-2-4-12(10)17-13)14(19)16-9-5-6-20-8-9/h1-4,7,9H,5-6,8,15H2,(H,16,19)(H,17,18). The van der Waals surface area contributed by atoms with Crippen LogP contribution < -0.4 is 16.6 Å². The van der Waals surface area contributed by atoms with Crippen LogP contribution in [0.15, 0.2) is 30.3 Å². The molecule has 0 aliphatic carbocycles. The predicted molar refractivity (Wildman–Crippen MR) is 82.7 cm³/mol. The second-order valence-corrected chi connectivity index (χ2v) is 5.90. The summed E-state index contributed by atoms with van der Waals surface area (Å²) < 4.78 is 0. The summed E-state index contributed by atoms with van der Waals surface area (Å²) >= 11 is 1.87. The molecule has 2 aromatic rings. The van der Waals surface area contributed by atoms with E-state index in [-0.39, 0.29) is 11.9 Å². The lowest BCUT2D eigenvalue weighted by molar-refractivity contribution is 0.0943. The van der Waals surface area contributed by atoms with E-state index in [1.165, 1.54) is 0 Å². The Kier molecular flexibility index (Phi) is 3.75. The summed E-state index contributed by atoms with van der Waals surface area (Å²) in [4.78, 5) is 16.8. The van der Waals surface area contributed by atoms with E-state index in [4.69, 9.17) is 5.84 Å². The Labute approximate surface area is 121 Å². The van der Waals surface area contributed by atoms with Crippen LogP contribution in [0.4, 0.5) is 5.82 Å². The highest BCUT2D eigenvalue weighted by atomic mass is 32.2. The van der Waals surface area contributed by atoms with E-state index in [9.17, 15) is 4.79 Å². The number of amides is 1. The molecule has 104 valence electrons. The van der Waals surface area contributed by atoms with E-state index in [0.29, 0.717) is 11.4 Å². The lowest BCUT2D eigenvalue weighted by Gasteiger charge is -2.13. The number of fused-ring (bicyclic) bond motifs is 1. The second-order valence-electron chi connectivity index (χ2n) is 4.75. The van der Waals surface area contributed by atoms with Crippen molar-refractivity contribution in [3.8, 4) is 0 Å². The fourth-order valence-corrected chi connectivity index (χ4v) is 3.50. The van der Waals surface area contributed by atoms with Gasteiger partial charge in [-0.2, -0.15) is 11.8 Å². The van der Waals surface area contributed by atoms with Gasteiger partial charge in [-0.05, 0) is 24.3 Å². The summed E-state index contributed by atoms with van der Waals surface area (Å²) in [6.45, 7) is 0. The van der Waals surface area contributed by atoms with E-state index in [1.54, 1.807) is 6.07 Å². The first-order valence-corrected chi connectivity index (χ1v) is 7.68. The van der Waals surface area contributed by atoms with Crippen LogP contribution in [0, 0.1) is 0 Å². The zero-order chi connectivity index (χ0) is 13.9. The highest BCUT2D eigenvalue weighted by Crippen LogP contribution is 2.22. The molecule has 5 nitrogen and oxygen atoms in total. The summed E-state index contributed by atoms with van der Waals surface area (Å²) in [5, 5.41) is 3.92. The van der Waals surface area contributed by atoms with Gasteiger partial charge in [-0.15, -0.1) is 0 Å². The number of nitrogen functional groups attached to an aromatic ring is 1. The Balaban J connectivity index is 1.97. The number of aromatic nitrogens is 1. The molecule has 1 atom stereocenters. The molecule has 20 heavy (non-hydrogen) atoms. The number of carbonyl (C=O) groups excluding carboxylic acids is 1. The van der Waals surface area contributed by atoms with Gasteiger partial charge < -0.3 is 10.7 Å². The molecular formula is C14H16N4OS.